The summed E-state index contributed by atoms with van der Waals surface area (Å²) < 4.78 is 23.2. The van der Waals surface area contributed by atoms with Crippen LogP contribution in [0.25, 0.3) is 0 Å². The number of anilines is 1. The maximum Gasteiger partial charge on any atom is 0.422 e. The van der Waals surface area contributed by atoms with Gasteiger partial charge in [0.25, 0.3) is 0 Å². The number of halogens is 1. The topological polar surface area (TPSA) is 74.7 Å². The fourth-order valence-corrected chi connectivity index (χ4v) is 1.83. The first-order valence-electron chi connectivity index (χ1n) is 3.81. The molecule has 1 aromatic carbocycles. The van der Waals surface area contributed by atoms with Crippen molar-refractivity contribution in [2.75, 3.05) is 10.2 Å². The monoisotopic (exact) mass is 293 g/mol. The van der Waals surface area contributed by atoms with Gasteiger partial charge in [-0.1, -0.05) is 6.07 Å². The summed E-state index contributed by atoms with van der Waals surface area (Å²) in [4.78, 5) is 10.7. The normalized spacial score (nSPS) is 11.1. The van der Waals surface area contributed by atoms with Gasteiger partial charge < -0.3 is 5.11 Å². The van der Waals surface area contributed by atoms with E-state index in [-0.39, 0.29) is 10.6 Å². The number of benzene rings is 1. The van der Waals surface area contributed by atoms with Crippen LogP contribution in [0.2, 0.25) is 0 Å². The molecule has 0 fully saturated rings. The fourth-order valence-electron chi connectivity index (χ4n) is 0.947. The lowest BCUT2D eigenvalue weighted by Crippen LogP contribution is -2.17. The minimum Gasteiger partial charge on any atom is -0.464 e. The van der Waals surface area contributed by atoms with E-state index < -0.39 is 15.9 Å². The van der Waals surface area contributed by atoms with E-state index in [9.17, 15) is 13.2 Å². The van der Waals surface area contributed by atoms with Crippen LogP contribution in [0.5, 0.6) is 0 Å². The Balaban J connectivity index is 3.20. The van der Waals surface area contributed by atoms with E-state index in [1.165, 1.54) is 24.3 Å². The van der Waals surface area contributed by atoms with Gasteiger partial charge in [0.05, 0.1) is 26.7 Å². The first-order valence-corrected chi connectivity index (χ1v) is 6.41. The number of sulfone groups is 1. The van der Waals surface area contributed by atoms with Gasteiger partial charge in [-0.25, -0.2) is 17.1 Å². The van der Waals surface area contributed by atoms with Gasteiger partial charge in [-0.05, 0) is 18.2 Å². The van der Waals surface area contributed by atoms with E-state index in [0.29, 0.717) is 0 Å². The molecule has 1 amide bonds. The first-order chi connectivity index (χ1) is 6.82. The summed E-state index contributed by atoms with van der Waals surface area (Å²) in [7, 11) is -3.32. The second-order valence-electron chi connectivity index (χ2n) is 2.83. The van der Waals surface area contributed by atoms with Crippen LogP contribution in [0.3, 0.4) is 0 Å². The Kier molecular flexibility index (Phi) is 3.35. The second kappa shape index (κ2) is 4.19. The average Bonchev–Trinajstić information content (AvgIpc) is 2.15. The molecular weight excluding hydrogens is 286 g/mol. The molecule has 1 rings (SSSR count). The van der Waals surface area contributed by atoms with E-state index >= 15 is 0 Å². The largest absolute Gasteiger partial charge is 0.464 e. The highest BCUT2D eigenvalue weighted by Crippen LogP contribution is 2.21. The molecule has 0 saturated heterocycles. The molecule has 0 aliphatic heterocycles. The molecule has 1 N–H and O–H groups in total. The maximum atomic E-state index is 11.2. The number of hydrogen-bond donors (Lipinski definition) is 1. The van der Waals surface area contributed by atoms with Crippen LogP contribution in [-0.4, -0.2) is 25.9 Å². The zero-order valence-corrected chi connectivity index (χ0v) is 10.1. The molecule has 0 saturated carbocycles. The van der Waals surface area contributed by atoms with Crippen molar-refractivity contribution >= 4 is 37.8 Å². The van der Waals surface area contributed by atoms with E-state index in [1.54, 1.807) is 0 Å². The van der Waals surface area contributed by atoms with E-state index in [1.807, 2.05) is 0 Å². The van der Waals surface area contributed by atoms with Crippen molar-refractivity contribution in [2.45, 2.75) is 4.90 Å². The summed E-state index contributed by atoms with van der Waals surface area (Å²) >= 11 is 2.79. The summed E-state index contributed by atoms with van der Waals surface area (Å²) in [6.45, 7) is 0. The van der Waals surface area contributed by atoms with Crippen LogP contribution >= 0.6 is 16.1 Å². The first kappa shape index (κ1) is 12.0. The van der Waals surface area contributed by atoms with Crippen LogP contribution in [0.4, 0.5) is 10.5 Å². The highest BCUT2D eigenvalue weighted by atomic mass is 79.9. The number of carboxylic acid groups (broad SMARTS) is 1. The van der Waals surface area contributed by atoms with Gasteiger partial charge in [0.1, 0.15) is 0 Å². The molecule has 0 aliphatic rings. The highest BCUT2D eigenvalue weighted by molar-refractivity contribution is 9.10. The Hall–Kier alpha value is -1.08. The van der Waals surface area contributed by atoms with Crippen molar-refractivity contribution in [3.63, 3.8) is 0 Å². The van der Waals surface area contributed by atoms with Gasteiger partial charge in [0, 0.05) is 6.26 Å². The summed E-state index contributed by atoms with van der Waals surface area (Å²) in [5.74, 6) is 0. The van der Waals surface area contributed by atoms with Crippen molar-refractivity contribution in [1.29, 1.82) is 0 Å². The van der Waals surface area contributed by atoms with Crippen molar-refractivity contribution < 1.29 is 18.3 Å². The lowest BCUT2D eigenvalue weighted by Gasteiger charge is -2.10. The molecule has 0 bridgehead atoms. The summed E-state index contributed by atoms with van der Waals surface area (Å²) in [5, 5.41) is 8.66. The molecule has 0 heterocycles. The van der Waals surface area contributed by atoms with Crippen molar-refractivity contribution in [3.8, 4) is 0 Å². The zero-order valence-electron chi connectivity index (χ0n) is 7.71. The molecule has 0 spiro atoms. The SMILES string of the molecule is CS(=O)(=O)c1cccc(N(Br)C(=O)O)c1. The Morgan fingerprint density at radius 3 is 2.53 bits per heavy atom. The Morgan fingerprint density at radius 2 is 2.07 bits per heavy atom. The minimum atomic E-state index is -3.32. The van der Waals surface area contributed by atoms with Crippen LogP contribution in [0, 0.1) is 0 Å². The number of carbonyl (C=O) groups is 1. The van der Waals surface area contributed by atoms with Crippen molar-refractivity contribution in [3.05, 3.63) is 24.3 Å². The Morgan fingerprint density at radius 1 is 1.47 bits per heavy atom. The molecule has 82 valence electrons. The maximum absolute atomic E-state index is 11.2. The van der Waals surface area contributed by atoms with E-state index in [4.69, 9.17) is 5.11 Å². The van der Waals surface area contributed by atoms with Crippen molar-refractivity contribution in [2.24, 2.45) is 0 Å². The van der Waals surface area contributed by atoms with Crippen LogP contribution in [-0.2, 0) is 9.84 Å². The third-order valence-electron chi connectivity index (χ3n) is 1.64. The molecule has 0 atom stereocenters. The number of amides is 1. The zero-order chi connectivity index (χ0) is 11.6. The number of rotatable bonds is 2. The Bertz CT molecular complexity index is 485. The van der Waals surface area contributed by atoms with E-state index in [2.05, 4.69) is 16.1 Å². The quantitative estimate of drug-likeness (QED) is 0.845. The highest BCUT2D eigenvalue weighted by Gasteiger charge is 2.13. The summed E-state index contributed by atoms with van der Waals surface area (Å²) in [5.41, 5.74) is 0.241. The number of hydrogen-bond acceptors (Lipinski definition) is 3. The van der Waals surface area contributed by atoms with Crippen LogP contribution in [0.1, 0.15) is 0 Å². The molecule has 0 radical (unpaired) electrons. The van der Waals surface area contributed by atoms with Gasteiger partial charge in [0.2, 0.25) is 0 Å². The van der Waals surface area contributed by atoms with Gasteiger partial charge >= 0.3 is 6.09 Å². The van der Waals surface area contributed by atoms with Crippen molar-refractivity contribution in [1.82, 2.24) is 0 Å². The summed E-state index contributed by atoms with van der Waals surface area (Å²) in [6, 6.07) is 5.64. The predicted molar refractivity (Wildman–Crippen MR) is 59.0 cm³/mol. The molecule has 5 nitrogen and oxygen atoms in total. The van der Waals surface area contributed by atoms with E-state index in [0.717, 1.165) is 10.2 Å². The predicted octanol–water partition coefficient (Wildman–Crippen LogP) is 1.88. The molecule has 0 aromatic heterocycles. The smallest absolute Gasteiger partial charge is 0.422 e. The third-order valence-corrected chi connectivity index (χ3v) is 3.46. The Labute approximate surface area is 95.6 Å². The molecule has 1 aromatic rings. The van der Waals surface area contributed by atoms with Gasteiger partial charge in [-0.15, -0.1) is 0 Å². The van der Waals surface area contributed by atoms with Gasteiger partial charge in [-0.2, -0.15) is 0 Å². The van der Waals surface area contributed by atoms with Crippen LogP contribution in [0.15, 0.2) is 29.2 Å². The summed E-state index contributed by atoms with van der Waals surface area (Å²) in [6.07, 6.45) is -0.161. The fraction of sp³-hybridized carbons (Fsp3) is 0.125. The number of nitrogens with zero attached hydrogens (tertiary/aromatic N) is 1. The third kappa shape index (κ3) is 2.93. The van der Waals surface area contributed by atoms with Gasteiger partial charge in [-0.3, -0.25) is 0 Å². The lowest BCUT2D eigenvalue weighted by atomic mass is 10.3. The molecule has 0 unspecified atom stereocenters. The minimum absolute atomic E-state index is 0.0747. The average molecular weight is 294 g/mol. The lowest BCUT2D eigenvalue weighted by molar-refractivity contribution is 0.207. The van der Waals surface area contributed by atoms with Crippen LogP contribution < -0.4 is 3.93 Å². The van der Waals surface area contributed by atoms with Gasteiger partial charge in [0.15, 0.2) is 9.84 Å². The molecule has 15 heavy (non-hydrogen) atoms. The second-order valence-corrected chi connectivity index (χ2v) is 5.56. The standard InChI is InChI=1S/C8H8BrNO4S/c1-15(13,14)7-4-2-3-6(5-7)10(9)8(11)12/h2-5H,1H3,(H,11,12). The molecule has 7 heteroatoms. The molecule has 0 aliphatic carbocycles. The molecular formula is C8H8BrNO4S.